The van der Waals surface area contributed by atoms with Crippen molar-refractivity contribution in [1.29, 1.82) is 5.26 Å². The van der Waals surface area contributed by atoms with Gasteiger partial charge in [-0.3, -0.25) is 9.59 Å². The molecule has 0 saturated heterocycles. The number of nitrogens with zero attached hydrogens (tertiary/aromatic N) is 2. The molecule has 1 aliphatic rings. The number of amides is 1. The maximum Gasteiger partial charge on any atom is 0.225 e. The minimum absolute atomic E-state index is 0.00369. The van der Waals surface area contributed by atoms with Gasteiger partial charge in [-0.2, -0.15) is 5.26 Å². The molecule has 2 atom stereocenters. The lowest BCUT2D eigenvalue weighted by Crippen LogP contribution is -2.36. The Hall–Kier alpha value is -2.15. The van der Waals surface area contributed by atoms with Crippen LogP contribution >= 0.6 is 0 Å². The number of hydrogen-bond acceptors (Lipinski definition) is 3. The molecule has 0 aliphatic heterocycles. The molecule has 1 aliphatic carbocycles. The Morgan fingerprint density at radius 3 is 2.62 bits per heavy atom. The Morgan fingerprint density at radius 2 is 2.05 bits per heavy atom. The van der Waals surface area contributed by atoms with E-state index in [0.29, 0.717) is 31.4 Å². The summed E-state index contributed by atoms with van der Waals surface area (Å²) in [4.78, 5) is 25.7. The molecule has 0 unspecified atom stereocenters. The molecule has 1 aromatic carbocycles. The lowest BCUT2D eigenvalue weighted by Gasteiger charge is -2.29. The number of nitriles is 1. The van der Waals surface area contributed by atoms with E-state index in [1.807, 2.05) is 19.1 Å². The molecule has 4 nitrogen and oxygen atoms in total. The van der Waals surface area contributed by atoms with Gasteiger partial charge in [-0.15, -0.1) is 0 Å². The third-order valence-electron chi connectivity index (χ3n) is 4.16. The van der Waals surface area contributed by atoms with Crippen molar-refractivity contribution in [2.75, 3.05) is 7.05 Å². The smallest absolute Gasteiger partial charge is 0.225 e. The molecule has 1 saturated carbocycles. The molecule has 0 spiro atoms. The third-order valence-corrected chi connectivity index (χ3v) is 4.16. The molecule has 21 heavy (non-hydrogen) atoms. The summed E-state index contributed by atoms with van der Waals surface area (Å²) in [7, 11) is 1.79. The van der Waals surface area contributed by atoms with E-state index in [1.165, 1.54) is 0 Å². The predicted molar refractivity (Wildman–Crippen MR) is 79.1 cm³/mol. The summed E-state index contributed by atoms with van der Waals surface area (Å²) >= 11 is 0. The highest BCUT2D eigenvalue weighted by Gasteiger charge is 2.31. The number of carbonyl (C=O) groups is 2. The molecule has 0 N–H and O–H groups in total. The van der Waals surface area contributed by atoms with E-state index >= 15 is 0 Å². The number of Topliss-reactive ketones (excluding diaryl/α,β-unsaturated/α-hetero) is 1. The lowest BCUT2D eigenvalue weighted by atomic mass is 9.81. The highest BCUT2D eigenvalue weighted by Crippen LogP contribution is 2.27. The van der Waals surface area contributed by atoms with Crippen LogP contribution in [0.15, 0.2) is 24.3 Å². The minimum Gasteiger partial charge on any atom is -0.341 e. The molecule has 4 heteroatoms. The molecule has 2 rings (SSSR count). The lowest BCUT2D eigenvalue weighted by molar-refractivity contribution is -0.138. The maximum atomic E-state index is 12.4. The van der Waals surface area contributed by atoms with Gasteiger partial charge in [0, 0.05) is 31.8 Å². The highest BCUT2D eigenvalue weighted by atomic mass is 16.2. The van der Waals surface area contributed by atoms with Crippen molar-refractivity contribution < 1.29 is 9.59 Å². The first-order valence-electron chi connectivity index (χ1n) is 7.28. The fraction of sp³-hybridized carbons (Fsp3) is 0.471. The van der Waals surface area contributed by atoms with Gasteiger partial charge in [-0.25, -0.2) is 0 Å². The Bertz CT molecular complexity index is 571. The normalized spacial score (nSPS) is 21.7. The largest absolute Gasteiger partial charge is 0.341 e. The fourth-order valence-electron chi connectivity index (χ4n) is 2.81. The second-order valence-electron chi connectivity index (χ2n) is 5.84. The van der Waals surface area contributed by atoms with Gasteiger partial charge in [-0.05, 0) is 30.5 Å². The Labute approximate surface area is 125 Å². The average Bonchev–Trinajstić information content (AvgIpc) is 2.50. The number of benzene rings is 1. The number of rotatable bonds is 3. The molecule has 1 aromatic rings. The summed E-state index contributed by atoms with van der Waals surface area (Å²) in [6, 6.07) is 9.34. The van der Waals surface area contributed by atoms with Crippen LogP contribution in [0.5, 0.6) is 0 Å². The van der Waals surface area contributed by atoms with Crippen LogP contribution in [0.4, 0.5) is 0 Å². The Morgan fingerprint density at radius 1 is 1.38 bits per heavy atom. The van der Waals surface area contributed by atoms with E-state index in [2.05, 4.69) is 6.07 Å². The Balaban J connectivity index is 1.96. The number of ketones is 1. The third kappa shape index (κ3) is 3.69. The van der Waals surface area contributed by atoms with E-state index in [0.717, 1.165) is 5.56 Å². The van der Waals surface area contributed by atoms with Crippen LogP contribution in [0.25, 0.3) is 0 Å². The van der Waals surface area contributed by atoms with Crippen LogP contribution < -0.4 is 0 Å². The van der Waals surface area contributed by atoms with Crippen molar-refractivity contribution in [2.45, 2.75) is 32.7 Å². The number of hydrogen-bond donors (Lipinski definition) is 0. The average molecular weight is 284 g/mol. The quantitative estimate of drug-likeness (QED) is 0.857. The first-order chi connectivity index (χ1) is 10.0. The maximum absolute atomic E-state index is 12.4. The molecule has 1 fully saturated rings. The van der Waals surface area contributed by atoms with E-state index in [4.69, 9.17) is 5.26 Å². The summed E-state index contributed by atoms with van der Waals surface area (Å²) < 4.78 is 0. The molecule has 1 amide bonds. The molecule has 0 bridgehead atoms. The summed E-state index contributed by atoms with van der Waals surface area (Å²) in [6.45, 7) is 2.44. The molecular weight excluding hydrogens is 264 g/mol. The van der Waals surface area contributed by atoms with Gasteiger partial charge in [0.1, 0.15) is 5.78 Å². The van der Waals surface area contributed by atoms with E-state index in [9.17, 15) is 9.59 Å². The second-order valence-corrected chi connectivity index (χ2v) is 5.84. The molecule has 110 valence electrons. The highest BCUT2D eigenvalue weighted by molar-refractivity contribution is 5.85. The van der Waals surface area contributed by atoms with Gasteiger partial charge in [-0.1, -0.05) is 19.1 Å². The zero-order valence-corrected chi connectivity index (χ0v) is 12.5. The van der Waals surface area contributed by atoms with Crippen LogP contribution in [0, 0.1) is 23.2 Å². The Kier molecular flexibility index (Phi) is 4.74. The zero-order chi connectivity index (χ0) is 15.4. The van der Waals surface area contributed by atoms with E-state index < -0.39 is 0 Å². The minimum atomic E-state index is -0.0407. The van der Waals surface area contributed by atoms with Crippen LogP contribution in [0.1, 0.15) is 37.3 Å². The first kappa shape index (κ1) is 15.2. The van der Waals surface area contributed by atoms with Crippen LogP contribution in [0.3, 0.4) is 0 Å². The molecule has 0 radical (unpaired) electrons. The number of carbonyl (C=O) groups excluding carboxylic acids is 2. The second kappa shape index (κ2) is 6.53. The standard InChI is InChI=1S/C17H20N2O2/c1-12-9-15(7-8-16(12)20)17(21)19(2)11-14-5-3-13(10-18)4-6-14/h3-6,12,15H,7-9,11H2,1-2H3/t12-,15+/m0/s1. The van der Waals surface area contributed by atoms with Gasteiger partial charge in [0.2, 0.25) is 5.91 Å². The summed E-state index contributed by atoms with van der Waals surface area (Å²) in [5.41, 5.74) is 1.62. The predicted octanol–water partition coefficient (Wildman–Crippen LogP) is 2.52. The van der Waals surface area contributed by atoms with Crippen LogP contribution in [0.2, 0.25) is 0 Å². The summed E-state index contributed by atoms with van der Waals surface area (Å²) in [5, 5.41) is 8.77. The van der Waals surface area contributed by atoms with Crippen LogP contribution in [-0.2, 0) is 16.1 Å². The van der Waals surface area contributed by atoms with Crippen molar-refractivity contribution in [1.82, 2.24) is 4.90 Å². The summed E-state index contributed by atoms with van der Waals surface area (Å²) in [5.74, 6) is 0.338. The van der Waals surface area contributed by atoms with Crippen molar-refractivity contribution in [2.24, 2.45) is 11.8 Å². The summed E-state index contributed by atoms with van der Waals surface area (Å²) in [6.07, 6.45) is 1.84. The zero-order valence-electron chi connectivity index (χ0n) is 12.5. The monoisotopic (exact) mass is 284 g/mol. The van der Waals surface area contributed by atoms with Gasteiger partial charge in [0.25, 0.3) is 0 Å². The molecule has 0 aromatic heterocycles. The van der Waals surface area contributed by atoms with Gasteiger partial charge < -0.3 is 4.90 Å². The van der Waals surface area contributed by atoms with Crippen molar-refractivity contribution in [3.05, 3.63) is 35.4 Å². The van der Waals surface area contributed by atoms with E-state index in [-0.39, 0.29) is 23.5 Å². The van der Waals surface area contributed by atoms with Crippen molar-refractivity contribution >= 4 is 11.7 Å². The SMILES string of the molecule is C[C@H]1C[C@H](C(=O)N(C)Cc2ccc(C#N)cc2)CCC1=O. The van der Waals surface area contributed by atoms with Gasteiger partial charge >= 0.3 is 0 Å². The topological polar surface area (TPSA) is 61.2 Å². The van der Waals surface area contributed by atoms with Crippen molar-refractivity contribution in [3.63, 3.8) is 0 Å². The first-order valence-corrected chi connectivity index (χ1v) is 7.28. The molecule has 0 heterocycles. The van der Waals surface area contributed by atoms with Gasteiger partial charge in [0.15, 0.2) is 0 Å². The fourth-order valence-corrected chi connectivity index (χ4v) is 2.81. The molecular formula is C17H20N2O2. The van der Waals surface area contributed by atoms with Gasteiger partial charge in [0.05, 0.1) is 11.6 Å². The van der Waals surface area contributed by atoms with Crippen LogP contribution in [-0.4, -0.2) is 23.6 Å². The van der Waals surface area contributed by atoms with Crippen molar-refractivity contribution in [3.8, 4) is 6.07 Å². The van der Waals surface area contributed by atoms with E-state index in [1.54, 1.807) is 24.1 Å².